The third-order valence-corrected chi connectivity index (χ3v) is 2.04. The highest BCUT2D eigenvalue weighted by Gasteiger charge is 2.23. The SMILES string of the molecule is O=C([O-])c1cc(C2CC2)ccn1. The molecule has 0 N–H and O–H groups in total. The van der Waals surface area contributed by atoms with E-state index in [1.54, 1.807) is 6.07 Å². The average Bonchev–Trinajstić information content (AvgIpc) is 2.87. The second-order valence-corrected chi connectivity index (χ2v) is 3.04. The van der Waals surface area contributed by atoms with Crippen LogP contribution >= 0.6 is 0 Å². The number of aromatic nitrogens is 1. The lowest BCUT2D eigenvalue weighted by Crippen LogP contribution is -2.23. The van der Waals surface area contributed by atoms with Crippen LogP contribution in [0.3, 0.4) is 0 Å². The van der Waals surface area contributed by atoms with Gasteiger partial charge in [0.25, 0.3) is 0 Å². The number of hydrogen-bond donors (Lipinski definition) is 0. The van der Waals surface area contributed by atoms with Gasteiger partial charge in [-0.25, -0.2) is 0 Å². The zero-order valence-electron chi connectivity index (χ0n) is 6.49. The molecule has 0 aliphatic heterocycles. The molecular formula is C9H8NO2-. The highest BCUT2D eigenvalue weighted by Crippen LogP contribution is 2.39. The number of rotatable bonds is 2. The minimum absolute atomic E-state index is 0.0411. The van der Waals surface area contributed by atoms with Crippen LogP contribution in [0, 0.1) is 0 Å². The molecule has 2 rings (SSSR count). The molecule has 0 saturated heterocycles. The monoisotopic (exact) mass is 162 g/mol. The summed E-state index contributed by atoms with van der Waals surface area (Å²) in [5, 5.41) is 10.4. The number of hydrogen-bond acceptors (Lipinski definition) is 3. The molecule has 1 fully saturated rings. The normalized spacial score (nSPS) is 16.0. The van der Waals surface area contributed by atoms with E-state index in [2.05, 4.69) is 4.98 Å². The van der Waals surface area contributed by atoms with E-state index >= 15 is 0 Å². The topological polar surface area (TPSA) is 53.0 Å². The summed E-state index contributed by atoms with van der Waals surface area (Å²) in [5.41, 5.74) is 1.11. The van der Waals surface area contributed by atoms with Gasteiger partial charge in [-0.1, -0.05) is 0 Å². The van der Waals surface area contributed by atoms with Gasteiger partial charge in [0.1, 0.15) is 0 Å². The summed E-state index contributed by atoms with van der Waals surface area (Å²) in [7, 11) is 0. The minimum Gasteiger partial charge on any atom is -0.543 e. The van der Waals surface area contributed by atoms with E-state index in [9.17, 15) is 9.90 Å². The van der Waals surface area contributed by atoms with Crippen molar-refractivity contribution in [3.63, 3.8) is 0 Å². The Bertz CT molecular complexity index is 318. The van der Waals surface area contributed by atoms with Crippen LogP contribution in [-0.4, -0.2) is 11.0 Å². The van der Waals surface area contributed by atoms with Gasteiger partial charge in [-0.15, -0.1) is 0 Å². The van der Waals surface area contributed by atoms with E-state index < -0.39 is 5.97 Å². The smallest absolute Gasteiger partial charge is 0.0900 e. The largest absolute Gasteiger partial charge is 0.543 e. The van der Waals surface area contributed by atoms with Gasteiger partial charge in [0.05, 0.1) is 11.7 Å². The van der Waals surface area contributed by atoms with Crippen molar-refractivity contribution in [3.8, 4) is 0 Å². The van der Waals surface area contributed by atoms with Crippen LogP contribution in [0.1, 0.15) is 34.8 Å². The molecule has 12 heavy (non-hydrogen) atoms. The van der Waals surface area contributed by atoms with Crippen molar-refractivity contribution in [1.82, 2.24) is 4.98 Å². The standard InChI is InChI=1S/C9H9NO2/c11-9(12)8-5-7(3-4-10-8)6-1-2-6/h3-6H,1-2H2,(H,11,12)/p-1. The van der Waals surface area contributed by atoms with Crippen LogP contribution in [0.2, 0.25) is 0 Å². The van der Waals surface area contributed by atoms with Gasteiger partial charge >= 0.3 is 0 Å². The van der Waals surface area contributed by atoms with Gasteiger partial charge in [0, 0.05) is 6.20 Å². The predicted octanol–water partition coefficient (Wildman–Crippen LogP) is 0.322. The van der Waals surface area contributed by atoms with Crippen molar-refractivity contribution in [2.75, 3.05) is 0 Å². The van der Waals surface area contributed by atoms with Crippen LogP contribution in [0.15, 0.2) is 18.3 Å². The number of carbonyl (C=O) groups is 1. The van der Waals surface area contributed by atoms with Gasteiger partial charge in [-0.3, -0.25) is 4.98 Å². The maximum absolute atomic E-state index is 10.4. The molecule has 1 aliphatic rings. The molecule has 0 amide bonds. The zero-order chi connectivity index (χ0) is 8.55. The van der Waals surface area contributed by atoms with Gasteiger partial charge < -0.3 is 9.90 Å². The van der Waals surface area contributed by atoms with E-state index in [1.807, 2.05) is 6.07 Å². The Morgan fingerprint density at radius 3 is 2.92 bits per heavy atom. The lowest BCUT2D eigenvalue weighted by atomic mass is 10.1. The van der Waals surface area contributed by atoms with E-state index in [-0.39, 0.29) is 5.69 Å². The summed E-state index contributed by atoms with van der Waals surface area (Å²) in [5.74, 6) is -0.636. The Kier molecular flexibility index (Phi) is 1.57. The molecule has 0 aromatic carbocycles. The van der Waals surface area contributed by atoms with Crippen LogP contribution in [-0.2, 0) is 0 Å². The molecule has 3 nitrogen and oxygen atoms in total. The molecule has 0 bridgehead atoms. The summed E-state index contributed by atoms with van der Waals surface area (Å²) in [4.78, 5) is 14.1. The number of pyridine rings is 1. The molecule has 1 heterocycles. The third-order valence-electron chi connectivity index (χ3n) is 2.04. The summed E-state index contributed by atoms with van der Waals surface area (Å²) in [6.45, 7) is 0. The first kappa shape index (κ1) is 7.28. The molecular weight excluding hydrogens is 154 g/mol. The van der Waals surface area contributed by atoms with E-state index in [1.165, 1.54) is 6.20 Å². The van der Waals surface area contributed by atoms with Gasteiger partial charge in [0.15, 0.2) is 0 Å². The van der Waals surface area contributed by atoms with Crippen molar-refractivity contribution in [2.45, 2.75) is 18.8 Å². The van der Waals surface area contributed by atoms with Gasteiger partial charge in [-0.2, -0.15) is 0 Å². The van der Waals surface area contributed by atoms with Crippen LogP contribution in [0.25, 0.3) is 0 Å². The van der Waals surface area contributed by atoms with Crippen molar-refractivity contribution >= 4 is 5.97 Å². The molecule has 1 aliphatic carbocycles. The predicted molar refractivity (Wildman–Crippen MR) is 40.5 cm³/mol. The number of carboxylic acid groups (broad SMARTS) is 1. The fraction of sp³-hybridized carbons (Fsp3) is 0.333. The quantitative estimate of drug-likeness (QED) is 0.629. The van der Waals surface area contributed by atoms with Crippen molar-refractivity contribution in [3.05, 3.63) is 29.6 Å². The molecule has 0 spiro atoms. The summed E-state index contributed by atoms with van der Waals surface area (Å²) < 4.78 is 0. The maximum Gasteiger partial charge on any atom is 0.0900 e. The number of carboxylic acids is 1. The second-order valence-electron chi connectivity index (χ2n) is 3.04. The molecule has 1 aromatic rings. The van der Waals surface area contributed by atoms with E-state index in [0.29, 0.717) is 5.92 Å². The minimum atomic E-state index is -1.20. The van der Waals surface area contributed by atoms with E-state index in [4.69, 9.17) is 0 Å². The van der Waals surface area contributed by atoms with Crippen LogP contribution in [0.4, 0.5) is 0 Å². The Morgan fingerprint density at radius 1 is 1.58 bits per heavy atom. The van der Waals surface area contributed by atoms with E-state index in [0.717, 1.165) is 18.4 Å². The number of nitrogens with zero attached hydrogens (tertiary/aromatic N) is 1. The first-order chi connectivity index (χ1) is 5.77. The summed E-state index contributed by atoms with van der Waals surface area (Å²) in [6.07, 6.45) is 3.85. The van der Waals surface area contributed by atoms with Crippen LogP contribution in [0.5, 0.6) is 0 Å². The van der Waals surface area contributed by atoms with Gasteiger partial charge in [-0.05, 0) is 36.5 Å². The van der Waals surface area contributed by atoms with Crippen molar-refractivity contribution in [1.29, 1.82) is 0 Å². The molecule has 0 unspecified atom stereocenters. The lowest BCUT2D eigenvalue weighted by molar-refractivity contribution is -0.255. The average molecular weight is 162 g/mol. The number of aromatic carboxylic acids is 1. The van der Waals surface area contributed by atoms with Crippen molar-refractivity contribution in [2.24, 2.45) is 0 Å². The molecule has 1 aromatic heterocycles. The second kappa shape index (κ2) is 2.59. The van der Waals surface area contributed by atoms with Crippen molar-refractivity contribution < 1.29 is 9.90 Å². The summed E-state index contributed by atoms with van der Waals surface area (Å²) >= 11 is 0. The first-order valence-corrected chi connectivity index (χ1v) is 3.94. The fourth-order valence-electron chi connectivity index (χ4n) is 1.23. The third kappa shape index (κ3) is 1.30. The molecule has 1 saturated carbocycles. The van der Waals surface area contributed by atoms with Gasteiger partial charge in [0.2, 0.25) is 0 Å². The highest BCUT2D eigenvalue weighted by atomic mass is 16.4. The maximum atomic E-state index is 10.4. The molecule has 0 atom stereocenters. The Morgan fingerprint density at radius 2 is 2.33 bits per heavy atom. The van der Waals surface area contributed by atoms with Crippen LogP contribution < -0.4 is 5.11 Å². The number of carbonyl (C=O) groups excluding carboxylic acids is 1. The molecule has 0 radical (unpaired) electrons. The fourth-order valence-corrected chi connectivity index (χ4v) is 1.23. The lowest BCUT2D eigenvalue weighted by Gasteiger charge is -2.02. The Hall–Kier alpha value is -1.38. The molecule has 3 heteroatoms. The highest BCUT2D eigenvalue weighted by molar-refractivity contribution is 5.83. The Balaban J connectivity index is 2.32. The summed E-state index contributed by atoms with van der Waals surface area (Å²) in [6, 6.07) is 3.47. The first-order valence-electron chi connectivity index (χ1n) is 3.94. The zero-order valence-corrected chi connectivity index (χ0v) is 6.49. The Labute approximate surface area is 70.1 Å². The molecule has 62 valence electrons.